The topological polar surface area (TPSA) is 95.9 Å². The van der Waals surface area contributed by atoms with Gasteiger partial charge in [0, 0.05) is 30.5 Å². The van der Waals surface area contributed by atoms with Crippen molar-refractivity contribution in [2.24, 2.45) is 11.8 Å². The van der Waals surface area contributed by atoms with Gasteiger partial charge in [0.05, 0.1) is 5.92 Å². The van der Waals surface area contributed by atoms with Crippen LogP contribution in [0, 0.1) is 11.8 Å². The number of carbonyl (C=O) groups excluding carboxylic acids is 2. The number of nitrogens with one attached hydrogen (secondary N) is 1. The molecule has 1 unspecified atom stereocenters. The van der Waals surface area contributed by atoms with Gasteiger partial charge in [0.1, 0.15) is 6.61 Å². The lowest BCUT2D eigenvalue weighted by Crippen LogP contribution is -2.44. The van der Waals surface area contributed by atoms with Gasteiger partial charge in [-0.25, -0.2) is 4.79 Å². The molecule has 35 heavy (non-hydrogen) atoms. The lowest BCUT2D eigenvalue weighted by atomic mass is 9.89. The Labute approximate surface area is 204 Å². The number of carboxylic acid groups (broad SMARTS) is 1. The van der Waals surface area contributed by atoms with Gasteiger partial charge in [-0.3, -0.25) is 9.59 Å². The molecule has 2 aliphatic heterocycles. The number of hydrogen-bond acceptors (Lipinski definition) is 4. The van der Waals surface area contributed by atoms with Gasteiger partial charge >= 0.3 is 12.1 Å². The van der Waals surface area contributed by atoms with Gasteiger partial charge in [0.25, 0.3) is 0 Å². The molecule has 0 aromatic heterocycles. The first-order valence-corrected chi connectivity index (χ1v) is 12.7. The van der Waals surface area contributed by atoms with Gasteiger partial charge < -0.3 is 20.1 Å². The summed E-state index contributed by atoms with van der Waals surface area (Å²) in [5.74, 6) is -1.06. The molecule has 2 N–H and O–H groups in total. The Bertz CT molecular complexity index is 1130. The molecule has 0 spiro atoms. The van der Waals surface area contributed by atoms with Gasteiger partial charge in [-0.15, -0.1) is 0 Å². The fourth-order valence-electron chi connectivity index (χ4n) is 6.56. The number of nitrogens with zero attached hydrogens (tertiary/aromatic N) is 1. The number of aliphatic carboxylic acids is 1. The average Bonchev–Trinajstić information content (AvgIpc) is 3.43. The number of amides is 2. The summed E-state index contributed by atoms with van der Waals surface area (Å²) in [4.78, 5) is 39.4. The first-order chi connectivity index (χ1) is 17.0. The number of carbonyl (C=O) groups is 3. The second kappa shape index (κ2) is 8.70. The largest absolute Gasteiger partial charge is 0.481 e. The van der Waals surface area contributed by atoms with Crippen molar-refractivity contribution in [3.63, 3.8) is 0 Å². The van der Waals surface area contributed by atoms with Crippen LogP contribution in [0.4, 0.5) is 4.79 Å². The summed E-state index contributed by atoms with van der Waals surface area (Å²) < 4.78 is 5.71. The maximum absolute atomic E-state index is 13.2. The molecule has 2 aromatic rings. The standard InChI is InChI=1S/C28H30N2O5/c31-26(30-17-11-12-25(30)22(13-17)27(32)33)14-24(16-9-10-16)29-28(34)35-15-23-20-7-3-1-5-18(20)19-6-2-4-8-21(19)23/h1-8,16-17,22-25H,9-15H2,(H,29,34)(H,32,33)/t17-,22+,24?,25+/m1/s1. The van der Waals surface area contributed by atoms with Crippen molar-refractivity contribution in [3.8, 4) is 11.1 Å². The number of hydrogen-bond donors (Lipinski definition) is 2. The van der Waals surface area contributed by atoms with E-state index >= 15 is 0 Å². The Hall–Kier alpha value is -3.35. The summed E-state index contributed by atoms with van der Waals surface area (Å²) >= 11 is 0. The highest BCUT2D eigenvalue weighted by atomic mass is 16.5. The van der Waals surface area contributed by atoms with Crippen LogP contribution in [0.25, 0.3) is 11.1 Å². The molecular formula is C28H30N2O5. The number of alkyl carbamates (subject to hydrolysis) is 1. The van der Waals surface area contributed by atoms with Crippen molar-refractivity contribution in [2.75, 3.05) is 6.61 Å². The van der Waals surface area contributed by atoms with E-state index in [0.29, 0.717) is 6.42 Å². The molecule has 2 aliphatic carbocycles. The van der Waals surface area contributed by atoms with Crippen LogP contribution in [0.15, 0.2) is 48.5 Å². The van der Waals surface area contributed by atoms with Crippen LogP contribution >= 0.6 is 0 Å². The van der Waals surface area contributed by atoms with E-state index in [-0.39, 0.29) is 48.9 Å². The Morgan fingerprint density at radius 1 is 0.971 bits per heavy atom. The quantitative estimate of drug-likeness (QED) is 0.628. The molecule has 4 atom stereocenters. The van der Waals surface area contributed by atoms with E-state index in [2.05, 4.69) is 29.6 Å². The van der Waals surface area contributed by atoms with E-state index in [9.17, 15) is 19.5 Å². The first-order valence-electron chi connectivity index (χ1n) is 12.7. The summed E-state index contributed by atoms with van der Waals surface area (Å²) in [5, 5.41) is 12.5. The molecule has 7 nitrogen and oxygen atoms in total. The third kappa shape index (κ3) is 3.97. The molecule has 1 saturated carbocycles. The van der Waals surface area contributed by atoms with Gasteiger partial charge in [-0.1, -0.05) is 48.5 Å². The lowest BCUT2D eigenvalue weighted by molar-refractivity contribution is -0.143. The summed E-state index contributed by atoms with van der Waals surface area (Å²) in [6.07, 6.45) is 3.83. The second-order valence-electron chi connectivity index (χ2n) is 10.4. The molecule has 2 amide bonds. The van der Waals surface area contributed by atoms with E-state index in [4.69, 9.17) is 4.74 Å². The van der Waals surface area contributed by atoms with Crippen LogP contribution in [0.3, 0.4) is 0 Å². The highest BCUT2D eigenvalue weighted by molar-refractivity contribution is 5.82. The fraction of sp³-hybridized carbons (Fsp3) is 0.464. The number of ether oxygens (including phenoxy) is 1. The summed E-state index contributed by atoms with van der Waals surface area (Å²) in [5.41, 5.74) is 4.68. The van der Waals surface area contributed by atoms with Crippen LogP contribution in [-0.4, -0.2) is 52.7 Å². The number of carboxylic acids is 1. The minimum absolute atomic E-state index is 0.0117. The van der Waals surface area contributed by atoms with Gasteiger partial charge in [-0.2, -0.15) is 0 Å². The van der Waals surface area contributed by atoms with E-state index in [1.165, 1.54) is 11.1 Å². The molecule has 6 rings (SSSR count). The zero-order valence-electron chi connectivity index (χ0n) is 19.6. The monoisotopic (exact) mass is 474 g/mol. The predicted molar refractivity (Wildman–Crippen MR) is 129 cm³/mol. The average molecular weight is 475 g/mol. The van der Waals surface area contributed by atoms with E-state index < -0.39 is 18.0 Å². The minimum atomic E-state index is -0.814. The molecule has 7 heteroatoms. The van der Waals surface area contributed by atoms with Gasteiger partial charge in [0.15, 0.2) is 0 Å². The van der Waals surface area contributed by atoms with Crippen LogP contribution in [-0.2, 0) is 14.3 Å². The van der Waals surface area contributed by atoms with Crippen LogP contribution < -0.4 is 5.32 Å². The Morgan fingerprint density at radius 2 is 1.63 bits per heavy atom. The normalized spacial score (nSPS) is 25.1. The van der Waals surface area contributed by atoms with Crippen molar-refractivity contribution in [3.05, 3.63) is 59.7 Å². The third-order valence-corrected chi connectivity index (χ3v) is 8.37. The highest BCUT2D eigenvalue weighted by Crippen LogP contribution is 2.45. The Kier molecular flexibility index (Phi) is 5.50. The molecular weight excluding hydrogens is 444 g/mol. The van der Waals surface area contributed by atoms with Crippen LogP contribution in [0.1, 0.15) is 55.6 Å². The van der Waals surface area contributed by atoms with Crippen LogP contribution in [0.5, 0.6) is 0 Å². The molecule has 2 saturated heterocycles. The maximum atomic E-state index is 13.2. The van der Waals surface area contributed by atoms with Crippen LogP contribution in [0.2, 0.25) is 0 Å². The zero-order chi connectivity index (χ0) is 24.1. The lowest BCUT2D eigenvalue weighted by Gasteiger charge is -2.26. The van der Waals surface area contributed by atoms with Crippen molar-refractivity contribution in [1.82, 2.24) is 10.2 Å². The minimum Gasteiger partial charge on any atom is -0.481 e. The summed E-state index contributed by atoms with van der Waals surface area (Å²) in [7, 11) is 0. The van der Waals surface area contributed by atoms with E-state index in [1.807, 2.05) is 24.3 Å². The van der Waals surface area contributed by atoms with Gasteiger partial charge in [-0.05, 0) is 60.3 Å². The zero-order valence-corrected chi connectivity index (χ0v) is 19.6. The maximum Gasteiger partial charge on any atom is 0.407 e. The SMILES string of the molecule is O=C(NC(CC(=O)N1[C@@H]2CC[C@H]1[C@@H](C(=O)O)C2)C1CC1)OCC1c2ccccc2-c2ccccc21. The predicted octanol–water partition coefficient (Wildman–Crippen LogP) is 4.16. The van der Waals surface area contributed by atoms with Crippen molar-refractivity contribution in [1.29, 1.82) is 0 Å². The molecule has 4 aliphatic rings. The van der Waals surface area contributed by atoms with Crippen molar-refractivity contribution in [2.45, 2.75) is 62.6 Å². The smallest absolute Gasteiger partial charge is 0.407 e. The highest BCUT2D eigenvalue weighted by Gasteiger charge is 2.51. The molecule has 0 radical (unpaired) electrons. The molecule has 2 heterocycles. The summed E-state index contributed by atoms with van der Waals surface area (Å²) in [6, 6.07) is 16.0. The molecule has 182 valence electrons. The summed E-state index contributed by atoms with van der Waals surface area (Å²) in [6.45, 7) is 0.238. The fourth-order valence-corrected chi connectivity index (χ4v) is 6.56. The molecule has 2 bridgehead atoms. The second-order valence-corrected chi connectivity index (χ2v) is 10.4. The van der Waals surface area contributed by atoms with Crippen molar-refractivity contribution < 1.29 is 24.2 Å². The number of benzene rings is 2. The Balaban J connectivity index is 1.09. The molecule has 3 fully saturated rings. The van der Waals surface area contributed by atoms with Crippen molar-refractivity contribution >= 4 is 18.0 Å². The third-order valence-electron chi connectivity index (χ3n) is 8.37. The van der Waals surface area contributed by atoms with E-state index in [1.54, 1.807) is 4.90 Å². The first kappa shape index (κ1) is 22.1. The van der Waals surface area contributed by atoms with E-state index in [0.717, 1.165) is 36.8 Å². The number of rotatable bonds is 7. The van der Waals surface area contributed by atoms with Gasteiger partial charge in [0.2, 0.25) is 5.91 Å². The Morgan fingerprint density at radius 3 is 2.23 bits per heavy atom. The number of fused-ring (bicyclic) bond motifs is 5. The molecule has 2 aromatic carbocycles.